The number of nitrogens with zero attached hydrogens (tertiary/aromatic N) is 2. The summed E-state index contributed by atoms with van der Waals surface area (Å²) in [7, 11) is 0. The number of amides is 5. The molecule has 0 spiro atoms. The van der Waals surface area contributed by atoms with Crippen LogP contribution in [-0.2, 0) is 14.4 Å². The van der Waals surface area contributed by atoms with E-state index in [4.69, 9.17) is 0 Å². The SMILES string of the molecule is C[C@H](NC(=O)CN1C(=O)C(=O)N(C2CCCC2)C1=O)c1ccc(-c2ccccc2)cc1. The summed E-state index contributed by atoms with van der Waals surface area (Å²) in [4.78, 5) is 51.5. The average Bonchev–Trinajstić information content (AvgIpc) is 3.38. The Morgan fingerprint density at radius 2 is 1.55 bits per heavy atom. The lowest BCUT2D eigenvalue weighted by Crippen LogP contribution is -2.43. The Kier molecular flexibility index (Phi) is 5.84. The molecule has 31 heavy (non-hydrogen) atoms. The Morgan fingerprint density at radius 3 is 2.19 bits per heavy atom. The fourth-order valence-electron chi connectivity index (χ4n) is 4.26. The standard InChI is InChI=1S/C24H25N3O4/c1-16(17-11-13-19(14-12-17)18-7-3-2-4-8-18)25-21(28)15-26-22(29)23(30)27(24(26)31)20-9-5-6-10-20/h2-4,7-8,11-14,16,20H,5-6,9-10,15H2,1H3,(H,25,28)/t16-/m0/s1. The molecule has 0 unspecified atom stereocenters. The molecule has 7 heteroatoms. The number of imide groups is 2. The maximum atomic E-state index is 12.6. The Labute approximate surface area is 181 Å². The highest BCUT2D eigenvalue weighted by atomic mass is 16.2. The first kappa shape index (κ1) is 20.8. The van der Waals surface area contributed by atoms with Gasteiger partial charge in [0.25, 0.3) is 0 Å². The first-order chi connectivity index (χ1) is 15.0. The number of benzene rings is 2. The maximum absolute atomic E-state index is 12.6. The summed E-state index contributed by atoms with van der Waals surface area (Å²) in [5.41, 5.74) is 3.07. The highest BCUT2D eigenvalue weighted by Gasteiger charge is 2.48. The lowest BCUT2D eigenvalue weighted by atomic mass is 10.0. The molecule has 1 saturated heterocycles. The minimum Gasteiger partial charge on any atom is -0.348 e. The van der Waals surface area contributed by atoms with Crippen LogP contribution >= 0.6 is 0 Å². The van der Waals surface area contributed by atoms with Crippen LogP contribution in [0.2, 0.25) is 0 Å². The minimum atomic E-state index is -0.924. The van der Waals surface area contributed by atoms with Crippen molar-refractivity contribution in [2.75, 3.05) is 6.54 Å². The van der Waals surface area contributed by atoms with Crippen LogP contribution in [0.4, 0.5) is 4.79 Å². The summed E-state index contributed by atoms with van der Waals surface area (Å²) in [6, 6.07) is 16.6. The fraction of sp³-hybridized carbons (Fsp3) is 0.333. The quantitative estimate of drug-likeness (QED) is 0.575. The molecule has 1 saturated carbocycles. The number of carbonyl (C=O) groups is 4. The number of rotatable bonds is 6. The topological polar surface area (TPSA) is 86.8 Å². The van der Waals surface area contributed by atoms with Crippen LogP contribution in [-0.4, -0.2) is 46.1 Å². The molecule has 5 amide bonds. The second-order valence-electron chi connectivity index (χ2n) is 8.06. The van der Waals surface area contributed by atoms with E-state index in [0.29, 0.717) is 12.8 Å². The molecule has 1 aliphatic carbocycles. The summed E-state index contributed by atoms with van der Waals surface area (Å²) in [6.07, 6.45) is 3.27. The van der Waals surface area contributed by atoms with Gasteiger partial charge >= 0.3 is 17.8 Å². The smallest absolute Gasteiger partial charge is 0.334 e. The monoisotopic (exact) mass is 419 g/mol. The zero-order valence-electron chi connectivity index (χ0n) is 17.4. The zero-order valence-corrected chi connectivity index (χ0v) is 17.4. The van der Waals surface area contributed by atoms with E-state index in [-0.39, 0.29) is 12.1 Å². The van der Waals surface area contributed by atoms with E-state index in [1.807, 2.05) is 61.5 Å². The van der Waals surface area contributed by atoms with E-state index in [0.717, 1.165) is 39.3 Å². The normalized spacial score (nSPS) is 18.0. The average molecular weight is 419 g/mol. The van der Waals surface area contributed by atoms with Gasteiger partial charge in [0.1, 0.15) is 6.54 Å². The van der Waals surface area contributed by atoms with Crippen LogP contribution in [0.5, 0.6) is 0 Å². The molecule has 7 nitrogen and oxygen atoms in total. The summed E-state index contributed by atoms with van der Waals surface area (Å²) in [5, 5.41) is 2.81. The third kappa shape index (κ3) is 4.21. The zero-order chi connectivity index (χ0) is 22.0. The summed E-state index contributed by atoms with van der Waals surface area (Å²) in [5.74, 6) is -2.23. The van der Waals surface area contributed by atoms with Crippen molar-refractivity contribution < 1.29 is 19.2 Å². The van der Waals surface area contributed by atoms with E-state index in [1.165, 1.54) is 0 Å². The summed E-state index contributed by atoms with van der Waals surface area (Å²) < 4.78 is 0. The van der Waals surface area contributed by atoms with Crippen LogP contribution in [0.3, 0.4) is 0 Å². The summed E-state index contributed by atoms with van der Waals surface area (Å²) >= 11 is 0. The molecule has 1 N–H and O–H groups in total. The third-order valence-electron chi connectivity index (χ3n) is 5.97. The van der Waals surface area contributed by atoms with Crippen LogP contribution in [0.1, 0.15) is 44.2 Å². The fourth-order valence-corrected chi connectivity index (χ4v) is 4.26. The van der Waals surface area contributed by atoms with Gasteiger partial charge in [0.05, 0.1) is 6.04 Å². The predicted octanol–water partition coefficient (Wildman–Crippen LogP) is 3.26. The van der Waals surface area contributed by atoms with Crippen molar-refractivity contribution in [3.05, 3.63) is 60.2 Å². The van der Waals surface area contributed by atoms with Gasteiger partial charge in [-0.05, 0) is 36.5 Å². The second-order valence-corrected chi connectivity index (χ2v) is 8.06. The van der Waals surface area contributed by atoms with Gasteiger partial charge in [0.15, 0.2) is 0 Å². The van der Waals surface area contributed by atoms with Gasteiger partial charge in [-0.15, -0.1) is 0 Å². The first-order valence-electron chi connectivity index (χ1n) is 10.6. The number of carbonyl (C=O) groups excluding carboxylic acids is 4. The number of urea groups is 1. The molecule has 1 aliphatic heterocycles. The van der Waals surface area contributed by atoms with E-state index in [2.05, 4.69) is 5.32 Å². The minimum absolute atomic E-state index is 0.237. The molecule has 2 aromatic carbocycles. The van der Waals surface area contributed by atoms with Gasteiger partial charge in [-0.1, -0.05) is 67.4 Å². The molecule has 2 aromatic rings. The molecule has 0 bridgehead atoms. The van der Waals surface area contributed by atoms with Crippen molar-refractivity contribution in [2.45, 2.75) is 44.7 Å². The Bertz CT molecular complexity index is 997. The molecule has 1 atom stereocenters. The van der Waals surface area contributed by atoms with Gasteiger partial charge < -0.3 is 5.32 Å². The highest BCUT2D eigenvalue weighted by molar-refractivity contribution is 6.45. The Balaban J connectivity index is 1.37. The Morgan fingerprint density at radius 1 is 0.935 bits per heavy atom. The predicted molar refractivity (Wildman–Crippen MR) is 115 cm³/mol. The molecular weight excluding hydrogens is 394 g/mol. The number of nitrogens with one attached hydrogen (secondary N) is 1. The molecule has 4 rings (SSSR count). The van der Waals surface area contributed by atoms with Gasteiger partial charge in [-0.3, -0.25) is 19.3 Å². The lowest BCUT2D eigenvalue weighted by molar-refractivity contribution is -0.144. The Hall–Kier alpha value is -3.48. The van der Waals surface area contributed by atoms with Crippen molar-refractivity contribution in [1.82, 2.24) is 15.1 Å². The molecule has 1 heterocycles. The molecule has 0 radical (unpaired) electrons. The first-order valence-corrected chi connectivity index (χ1v) is 10.6. The van der Waals surface area contributed by atoms with Crippen LogP contribution < -0.4 is 5.32 Å². The van der Waals surface area contributed by atoms with Crippen molar-refractivity contribution >= 4 is 23.8 Å². The van der Waals surface area contributed by atoms with Crippen LogP contribution in [0.25, 0.3) is 11.1 Å². The van der Waals surface area contributed by atoms with Gasteiger partial charge in [0, 0.05) is 6.04 Å². The molecule has 2 aliphatic rings. The summed E-state index contributed by atoms with van der Waals surface area (Å²) in [6.45, 7) is 1.37. The van der Waals surface area contributed by atoms with Gasteiger partial charge in [0.2, 0.25) is 5.91 Å². The molecular formula is C24H25N3O4. The molecule has 2 fully saturated rings. The molecule has 0 aromatic heterocycles. The molecule has 160 valence electrons. The second kappa shape index (κ2) is 8.71. The third-order valence-corrected chi connectivity index (χ3v) is 5.97. The largest absolute Gasteiger partial charge is 0.348 e. The number of hydrogen-bond donors (Lipinski definition) is 1. The van der Waals surface area contributed by atoms with Crippen molar-refractivity contribution in [2.24, 2.45) is 0 Å². The van der Waals surface area contributed by atoms with E-state index in [1.54, 1.807) is 0 Å². The van der Waals surface area contributed by atoms with Crippen molar-refractivity contribution in [3.63, 3.8) is 0 Å². The van der Waals surface area contributed by atoms with E-state index < -0.39 is 30.3 Å². The maximum Gasteiger partial charge on any atom is 0.334 e. The highest BCUT2D eigenvalue weighted by Crippen LogP contribution is 2.28. The van der Waals surface area contributed by atoms with Crippen LogP contribution in [0, 0.1) is 0 Å². The van der Waals surface area contributed by atoms with Crippen LogP contribution in [0.15, 0.2) is 54.6 Å². The number of hydrogen-bond acceptors (Lipinski definition) is 4. The van der Waals surface area contributed by atoms with Gasteiger partial charge in [-0.25, -0.2) is 9.69 Å². The van der Waals surface area contributed by atoms with Gasteiger partial charge in [-0.2, -0.15) is 0 Å². The van der Waals surface area contributed by atoms with E-state index >= 15 is 0 Å². The lowest BCUT2D eigenvalue weighted by Gasteiger charge is -2.21. The van der Waals surface area contributed by atoms with Crippen molar-refractivity contribution in [1.29, 1.82) is 0 Å². The van der Waals surface area contributed by atoms with E-state index in [9.17, 15) is 19.2 Å². The van der Waals surface area contributed by atoms with Crippen molar-refractivity contribution in [3.8, 4) is 11.1 Å².